The summed E-state index contributed by atoms with van der Waals surface area (Å²) in [6.07, 6.45) is -0.543. The van der Waals surface area contributed by atoms with E-state index in [0.717, 1.165) is 11.3 Å². The lowest BCUT2D eigenvalue weighted by Gasteiger charge is -2.30. The molecule has 1 aliphatic heterocycles. The number of nitrogens with zero attached hydrogens (tertiary/aromatic N) is 2. The van der Waals surface area contributed by atoms with Crippen molar-refractivity contribution < 1.29 is 23.6 Å². The summed E-state index contributed by atoms with van der Waals surface area (Å²) in [6.45, 7) is 4.20. The van der Waals surface area contributed by atoms with E-state index in [1.54, 1.807) is 38.2 Å². The van der Waals surface area contributed by atoms with Crippen LogP contribution in [-0.4, -0.2) is 36.7 Å². The second-order valence-electron chi connectivity index (χ2n) is 6.83. The lowest BCUT2D eigenvalue weighted by Crippen LogP contribution is -2.41. The van der Waals surface area contributed by atoms with Gasteiger partial charge in [0.15, 0.2) is 17.6 Å². The molecule has 1 N–H and O–H groups in total. The van der Waals surface area contributed by atoms with Crippen molar-refractivity contribution in [1.82, 2.24) is 5.16 Å². The van der Waals surface area contributed by atoms with Crippen LogP contribution in [0.15, 0.2) is 53.1 Å². The third-order valence-corrected chi connectivity index (χ3v) is 4.75. The van der Waals surface area contributed by atoms with Gasteiger partial charge in [-0.05, 0) is 56.3 Å². The molecule has 1 aromatic heterocycles. The molecule has 2 aromatic carbocycles. The van der Waals surface area contributed by atoms with E-state index in [0.29, 0.717) is 29.5 Å². The summed E-state index contributed by atoms with van der Waals surface area (Å²) >= 11 is 0. The Hall–Kier alpha value is -3.81. The summed E-state index contributed by atoms with van der Waals surface area (Å²) in [4.78, 5) is 26.2. The maximum atomic E-state index is 12.6. The van der Waals surface area contributed by atoms with E-state index in [-0.39, 0.29) is 11.6 Å². The molecule has 2 amide bonds. The van der Waals surface area contributed by atoms with Gasteiger partial charge < -0.3 is 24.2 Å². The summed E-state index contributed by atoms with van der Waals surface area (Å²) in [5, 5.41) is 6.63. The Bertz CT molecular complexity index is 1090. The van der Waals surface area contributed by atoms with E-state index in [2.05, 4.69) is 10.5 Å². The van der Waals surface area contributed by atoms with E-state index >= 15 is 0 Å². The first-order valence-electron chi connectivity index (χ1n) is 9.56. The number of benzene rings is 2. The van der Waals surface area contributed by atoms with Gasteiger partial charge in [-0.3, -0.25) is 9.59 Å². The summed E-state index contributed by atoms with van der Waals surface area (Å²) in [5.41, 5.74) is 2.03. The number of anilines is 2. The molecule has 30 heavy (non-hydrogen) atoms. The number of fused-ring (bicyclic) bond motifs is 1. The van der Waals surface area contributed by atoms with Crippen LogP contribution in [0.5, 0.6) is 11.5 Å². The van der Waals surface area contributed by atoms with Gasteiger partial charge in [0.25, 0.3) is 11.8 Å². The first kappa shape index (κ1) is 19.5. The molecular weight excluding hydrogens is 386 g/mol. The molecule has 4 rings (SSSR count). The van der Waals surface area contributed by atoms with Crippen molar-refractivity contribution in [2.24, 2.45) is 0 Å². The minimum absolute atomic E-state index is 0.144. The van der Waals surface area contributed by atoms with Gasteiger partial charge in [0.05, 0.1) is 12.3 Å². The molecule has 1 atom stereocenters. The Morgan fingerprint density at radius 3 is 2.70 bits per heavy atom. The Kier molecular flexibility index (Phi) is 5.14. The van der Waals surface area contributed by atoms with E-state index < -0.39 is 12.0 Å². The number of hydrogen-bond donors (Lipinski definition) is 1. The van der Waals surface area contributed by atoms with Crippen LogP contribution in [0.3, 0.4) is 0 Å². The molecule has 3 aromatic rings. The topological polar surface area (TPSA) is 93.9 Å². The monoisotopic (exact) mass is 407 g/mol. The highest BCUT2D eigenvalue weighted by Crippen LogP contribution is 2.35. The molecule has 0 aliphatic carbocycles. The average molecular weight is 407 g/mol. The van der Waals surface area contributed by atoms with Crippen LogP contribution in [0.4, 0.5) is 11.4 Å². The minimum atomic E-state index is -0.543. The molecule has 2 heterocycles. The van der Waals surface area contributed by atoms with Crippen LogP contribution in [0.2, 0.25) is 0 Å². The largest absolute Gasteiger partial charge is 0.494 e. The Labute approximate surface area is 173 Å². The number of amides is 2. The zero-order valence-electron chi connectivity index (χ0n) is 16.8. The van der Waals surface area contributed by atoms with Crippen molar-refractivity contribution in [2.75, 3.05) is 23.9 Å². The lowest BCUT2D eigenvalue weighted by atomic mass is 10.1. The van der Waals surface area contributed by atoms with Gasteiger partial charge in [-0.1, -0.05) is 5.16 Å². The molecule has 8 heteroatoms. The van der Waals surface area contributed by atoms with Gasteiger partial charge in [-0.2, -0.15) is 0 Å². The molecule has 0 fully saturated rings. The fraction of sp³-hybridized carbons (Fsp3) is 0.227. The number of ether oxygens (including phenoxy) is 2. The number of carbonyl (C=O) groups is 2. The van der Waals surface area contributed by atoms with Crippen molar-refractivity contribution in [1.29, 1.82) is 0 Å². The summed E-state index contributed by atoms with van der Waals surface area (Å²) < 4.78 is 16.3. The summed E-state index contributed by atoms with van der Waals surface area (Å²) in [7, 11) is 1.67. The Morgan fingerprint density at radius 1 is 1.20 bits per heavy atom. The number of nitrogens with one attached hydrogen (secondary N) is 1. The second kappa shape index (κ2) is 7.90. The number of carbonyl (C=O) groups excluding carboxylic acids is 2. The van der Waals surface area contributed by atoms with Crippen LogP contribution in [-0.2, 0) is 4.79 Å². The normalized spacial score (nSPS) is 15.4. The van der Waals surface area contributed by atoms with Gasteiger partial charge in [0, 0.05) is 24.4 Å². The van der Waals surface area contributed by atoms with Crippen LogP contribution in [0.1, 0.15) is 24.3 Å². The summed E-state index contributed by atoms with van der Waals surface area (Å²) in [6, 6.07) is 14.0. The molecular formula is C22H21N3O5. The zero-order chi connectivity index (χ0) is 21.3. The fourth-order valence-electron chi connectivity index (χ4n) is 3.18. The standard InChI is InChI=1S/C22H21N3O5/c1-4-28-16-8-5-14(6-9-16)20-12-17(24-30-20)21(26)23-15-7-10-19-18(11-15)25(3)22(27)13(2)29-19/h5-13H,4H2,1-3H3,(H,23,26)/t13-/m1/s1. The van der Waals surface area contributed by atoms with Gasteiger partial charge in [0.1, 0.15) is 11.5 Å². The minimum Gasteiger partial charge on any atom is -0.494 e. The molecule has 0 radical (unpaired) electrons. The molecule has 0 saturated carbocycles. The maximum absolute atomic E-state index is 12.6. The second-order valence-corrected chi connectivity index (χ2v) is 6.83. The van der Waals surface area contributed by atoms with Gasteiger partial charge >= 0.3 is 0 Å². The lowest BCUT2D eigenvalue weighted by molar-refractivity contribution is -0.125. The van der Waals surface area contributed by atoms with E-state index in [4.69, 9.17) is 14.0 Å². The highest BCUT2D eigenvalue weighted by Gasteiger charge is 2.29. The first-order valence-corrected chi connectivity index (χ1v) is 9.56. The van der Waals surface area contributed by atoms with Gasteiger partial charge in [-0.15, -0.1) is 0 Å². The molecule has 0 bridgehead atoms. The fourth-order valence-corrected chi connectivity index (χ4v) is 3.18. The highest BCUT2D eigenvalue weighted by molar-refractivity contribution is 6.05. The molecule has 1 aliphatic rings. The van der Waals surface area contributed by atoms with Gasteiger partial charge in [-0.25, -0.2) is 0 Å². The van der Waals surface area contributed by atoms with Crippen LogP contribution < -0.4 is 19.7 Å². The Morgan fingerprint density at radius 2 is 1.97 bits per heavy atom. The predicted octanol–water partition coefficient (Wildman–Crippen LogP) is 3.74. The molecule has 0 spiro atoms. The number of aromatic nitrogens is 1. The summed E-state index contributed by atoms with van der Waals surface area (Å²) in [5.74, 6) is 1.24. The molecule has 0 unspecified atom stereocenters. The zero-order valence-corrected chi connectivity index (χ0v) is 16.8. The maximum Gasteiger partial charge on any atom is 0.277 e. The SMILES string of the molecule is CCOc1ccc(-c2cc(C(=O)Nc3ccc4c(c3)N(C)C(=O)[C@@H](C)O4)no2)cc1. The van der Waals surface area contributed by atoms with E-state index in [1.165, 1.54) is 4.90 Å². The van der Waals surface area contributed by atoms with E-state index in [1.807, 2.05) is 31.2 Å². The predicted molar refractivity (Wildman–Crippen MR) is 111 cm³/mol. The van der Waals surface area contributed by atoms with E-state index in [9.17, 15) is 9.59 Å². The molecule has 154 valence electrons. The van der Waals surface area contributed by atoms with Crippen LogP contribution in [0, 0.1) is 0 Å². The molecule has 0 saturated heterocycles. The number of likely N-dealkylation sites (N-methyl/N-ethyl adjacent to an activating group) is 1. The number of hydrogen-bond acceptors (Lipinski definition) is 6. The smallest absolute Gasteiger partial charge is 0.277 e. The van der Waals surface area contributed by atoms with Crippen LogP contribution >= 0.6 is 0 Å². The van der Waals surface area contributed by atoms with Crippen molar-refractivity contribution in [3.05, 3.63) is 54.2 Å². The first-order chi connectivity index (χ1) is 14.5. The third-order valence-electron chi connectivity index (χ3n) is 4.75. The van der Waals surface area contributed by atoms with Crippen LogP contribution in [0.25, 0.3) is 11.3 Å². The molecule has 8 nitrogen and oxygen atoms in total. The Balaban J connectivity index is 1.49. The quantitative estimate of drug-likeness (QED) is 0.693. The highest BCUT2D eigenvalue weighted by atomic mass is 16.5. The van der Waals surface area contributed by atoms with Gasteiger partial charge in [0.2, 0.25) is 0 Å². The third kappa shape index (κ3) is 3.71. The number of rotatable bonds is 5. The van der Waals surface area contributed by atoms with Crippen molar-refractivity contribution in [3.8, 4) is 22.8 Å². The average Bonchev–Trinajstić information content (AvgIpc) is 3.24. The van der Waals surface area contributed by atoms with Crippen molar-refractivity contribution >= 4 is 23.2 Å². The van der Waals surface area contributed by atoms with Crippen molar-refractivity contribution in [2.45, 2.75) is 20.0 Å². The van der Waals surface area contributed by atoms with Crippen molar-refractivity contribution in [3.63, 3.8) is 0 Å².